The Hall–Kier alpha value is -2.37. The van der Waals surface area contributed by atoms with Gasteiger partial charge in [0.25, 0.3) is 0 Å². The van der Waals surface area contributed by atoms with Crippen LogP contribution in [0.5, 0.6) is 0 Å². The molecule has 6 heteroatoms. The lowest BCUT2D eigenvalue weighted by molar-refractivity contribution is 0.644. The molecule has 0 unspecified atom stereocenters. The maximum absolute atomic E-state index is 4.65. The highest BCUT2D eigenvalue weighted by atomic mass is 15.3. The summed E-state index contributed by atoms with van der Waals surface area (Å²) in [7, 11) is 1.97. The van der Waals surface area contributed by atoms with Crippen molar-refractivity contribution >= 4 is 5.96 Å². The van der Waals surface area contributed by atoms with Gasteiger partial charge in [0.15, 0.2) is 11.8 Å². The Morgan fingerprint density at radius 2 is 1.96 bits per heavy atom. The van der Waals surface area contributed by atoms with Crippen LogP contribution >= 0.6 is 0 Å². The third-order valence-electron chi connectivity index (χ3n) is 4.74. The molecule has 2 aromatic rings. The van der Waals surface area contributed by atoms with Crippen LogP contribution in [-0.4, -0.2) is 33.8 Å². The molecule has 0 amide bonds. The second-order valence-corrected chi connectivity index (χ2v) is 6.42. The minimum Gasteiger partial charge on any atom is -0.357 e. The number of hydrogen-bond donors (Lipinski definition) is 2. The van der Waals surface area contributed by atoms with Crippen molar-refractivity contribution in [3.63, 3.8) is 0 Å². The van der Waals surface area contributed by atoms with Crippen molar-refractivity contribution in [2.75, 3.05) is 13.1 Å². The summed E-state index contributed by atoms with van der Waals surface area (Å²) < 4.78 is 1.97. The Kier molecular flexibility index (Phi) is 4.83. The van der Waals surface area contributed by atoms with E-state index in [-0.39, 0.29) is 5.41 Å². The second kappa shape index (κ2) is 7.03. The van der Waals surface area contributed by atoms with Crippen LogP contribution in [0.25, 0.3) is 0 Å². The summed E-state index contributed by atoms with van der Waals surface area (Å²) in [4.78, 5) is 4.65. The highest BCUT2D eigenvalue weighted by Crippen LogP contribution is 2.47. The molecule has 2 N–H and O–H groups in total. The number of nitrogens with zero attached hydrogens (tertiary/aromatic N) is 4. The number of hydrogen-bond acceptors (Lipinski definition) is 3. The van der Waals surface area contributed by atoms with Gasteiger partial charge in [0.05, 0.1) is 0 Å². The van der Waals surface area contributed by atoms with E-state index in [1.54, 1.807) is 0 Å². The van der Waals surface area contributed by atoms with Crippen LogP contribution < -0.4 is 10.6 Å². The standard InChI is InChI=1S/C18H26N6/c1-4-19-17(20-12-16-23-22-14(2)24(16)3)21-13-18(10-11-18)15-8-6-5-7-9-15/h5-9H,4,10-13H2,1-3H3,(H2,19,20,21). The van der Waals surface area contributed by atoms with E-state index < -0.39 is 0 Å². The molecule has 1 fully saturated rings. The van der Waals surface area contributed by atoms with Gasteiger partial charge in [0.2, 0.25) is 0 Å². The summed E-state index contributed by atoms with van der Waals surface area (Å²) >= 11 is 0. The molecule has 3 rings (SSSR count). The van der Waals surface area contributed by atoms with Gasteiger partial charge in [0, 0.05) is 25.6 Å². The second-order valence-electron chi connectivity index (χ2n) is 6.42. The summed E-state index contributed by atoms with van der Waals surface area (Å²) in [6, 6.07) is 10.7. The minimum absolute atomic E-state index is 0.263. The maximum Gasteiger partial charge on any atom is 0.191 e. The first-order valence-corrected chi connectivity index (χ1v) is 8.57. The predicted molar refractivity (Wildman–Crippen MR) is 95.9 cm³/mol. The van der Waals surface area contributed by atoms with E-state index in [4.69, 9.17) is 0 Å². The van der Waals surface area contributed by atoms with Gasteiger partial charge in [-0.1, -0.05) is 30.3 Å². The average molecular weight is 326 g/mol. The summed E-state index contributed by atoms with van der Waals surface area (Å²) in [5.74, 6) is 2.61. The first kappa shape index (κ1) is 16.5. The maximum atomic E-state index is 4.65. The normalized spacial score (nSPS) is 16.0. The van der Waals surface area contributed by atoms with Gasteiger partial charge in [-0.05, 0) is 32.3 Å². The smallest absolute Gasteiger partial charge is 0.191 e. The summed E-state index contributed by atoms with van der Waals surface area (Å²) in [6.07, 6.45) is 2.46. The van der Waals surface area contributed by atoms with Crippen LogP contribution in [0.2, 0.25) is 0 Å². The van der Waals surface area contributed by atoms with E-state index >= 15 is 0 Å². The van der Waals surface area contributed by atoms with E-state index in [0.717, 1.165) is 30.7 Å². The van der Waals surface area contributed by atoms with Gasteiger partial charge in [0.1, 0.15) is 12.4 Å². The molecule has 1 aromatic carbocycles. The van der Waals surface area contributed by atoms with Crippen molar-refractivity contribution in [3.8, 4) is 0 Å². The number of rotatable bonds is 6. The molecule has 0 aliphatic heterocycles. The van der Waals surface area contributed by atoms with Crippen LogP contribution in [0, 0.1) is 6.92 Å². The Morgan fingerprint density at radius 1 is 1.21 bits per heavy atom. The number of nitrogens with one attached hydrogen (secondary N) is 2. The fraction of sp³-hybridized carbons (Fsp3) is 0.500. The van der Waals surface area contributed by atoms with E-state index in [0.29, 0.717) is 6.54 Å². The number of guanidine groups is 1. The van der Waals surface area contributed by atoms with Crippen molar-refractivity contribution in [2.45, 2.75) is 38.6 Å². The number of aliphatic imine (C=N–C) groups is 1. The van der Waals surface area contributed by atoms with Crippen LogP contribution in [0.1, 0.15) is 37.0 Å². The highest BCUT2D eigenvalue weighted by Gasteiger charge is 2.43. The summed E-state index contributed by atoms with van der Waals surface area (Å²) in [5, 5.41) is 15.1. The Labute approximate surface area is 143 Å². The quantitative estimate of drug-likeness (QED) is 0.628. The number of benzene rings is 1. The van der Waals surface area contributed by atoms with Crippen LogP contribution in [0.4, 0.5) is 0 Å². The minimum atomic E-state index is 0.263. The lowest BCUT2D eigenvalue weighted by Crippen LogP contribution is -2.41. The molecule has 0 radical (unpaired) electrons. The molecule has 24 heavy (non-hydrogen) atoms. The molecule has 0 bridgehead atoms. The fourth-order valence-corrected chi connectivity index (χ4v) is 2.84. The first-order valence-electron chi connectivity index (χ1n) is 8.57. The molecule has 0 saturated heterocycles. The molecule has 0 atom stereocenters. The zero-order valence-corrected chi connectivity index (χ0v) is 14.7. The average Bonchev–Trinajstić information content (AvgIpc) is 3.34. The predicted octanol–water partition coefficient (Wildman–Crippen LogP) is 1.91. The number of aryl methyl sites for hydroxylation is 1. The zero-order valence-electron chi connectivity index (χ0n) is 14.7. The lowest BCUT2D eigenvalue weighted by atomic mass is 9.96. The van der Waals surface area contributed by atoms with Crippen LogP contribution in [0.3, 0.4) is 0 Å². The van der Waals surface area contributed by atoms with E-state index in [1.807, 2.05) is 18.5 Å². The molecule has 1 aliphatic carbocycles. The molecule has 1 saturated carbocycles. The van der Waals surface area contributed by atoms with Gasteiger partial charge in [-0.3, -0.25) is 0 Å². The summed E-state index contributed by atoms with van der Waals surface area (Å²) in [6.45, 7) is 6.28. The van der Waals surface area contributed by atoms with Gasteiger partial charge in [-0.25, -0.2) is 4.99 Å². The molecule has 1 aliphatic rings. The Bertz CT molecular complexity index is 700. The van der Waals surface area contributed by atoms with Gasteiger partial charge >= 0.3 is 0 Å². The zero-order chi connectivity index (χ0) is 17.0. The van der Waals surface area contributed by atoms with E-state index in [2.05, 4.69) is 63.1 Å². The van der Waals surface area contributed by atoms with Crippen molar-refractivity contribution in [3.05, 3.63) is 47.5 Å². The Morgan fingerprint density at radius 3 is 2.54 bits per heavy atom. The van der Waals surface area contributed by atoms with Gasteiger partial charge in [-0.2, -0.15) is 0 Å². The van der Waals surface area contributed by atoms with E-state index in [9.17, 15) is 0 Å². The fourth-order valence-electron chi connectivity index (χ4n) is 2.84. The molecule has 1 heterocycles. The van der Waals surface area contributed by atoms with Gasteiger partial charge in [-0.15, -0.1) is 10.2 Å². The molecule has 1 aromatic heterocycles. The monoisotopic (exact) mass is 326 g/mol. The van der Waals surface area contributed by atoms with E-state index in [1.165, 1.54) is 18.4 Å². The van der Waals surface area contributed by atoms with Crippen molar-refractivity contribution < 1.29 is 0 Å². The molecule has 0 spiro atoms. The van der Waals surface area contributed by atoms with Crippen LogP contribution in [-0.2, 0) is 19.0 Å². The van der Waals surface area contributed by atoms with Crippen molar-refractivity contribution in [1.82, 2.24) is 25.4 Å². The third-order valence-corrected chi connectivity index (χ3v) is 4.74. The molecule has 6 nitrogen and oxygen atoms in total. The summed E-state index contributed by atoms with van der Waals surface area (Å²) in [5.41, 5.74) is 1.68. The van der Waals surface area contributed by atoms with Crippen LogP contribution in [0.15, 0.2) is 35.3 Å². The first-order chi connectivity index (χ1) is 11.6. The van der Waals surface area contributed by atoms with Gasteiger partial charge < -0.3 is 15.2 Å². The topological polar surface area (TPSA) is 67.1 Å². The third kappa shape index (κ3) is 3.58. The number of aromatic nitrogens is 3. The van der Waals surface area contributed by atoms with Crippen molar-refractivity contribution in [2.24, 2.45) is 12.0 Å². The SMILES string of the molecule is CCNC(=NCc1nnc(C)n1C)NCC1(c2ccccc2)CC1. The highest BCUT2D eigenvalue weighted by molar-refractivity contribution is 5.79. The lowest BCUT2D eigenvalue weighted by Gasteiger charge is -2.19. The largest absolute Gasteiger partial charge is 0.357 e. The molecular formula is C18H26N6. The Balaban J connectivity index is 1.64. The van der Waals surface area contributed by atoms with Crippen molar-refractivity contribution in [1.29, 1.82) is 0 Å². The molecular weight excluding hydrogens is 300 g/mol. The molecule has 128 valence electrons.